The Bertz CT molecular complexity index is 557. The SMILES string of the molecule is O=C(O)C1(C(=O)O)C=c2ccccc2=CC1. The van der Waals surface area contributed by atoms with Gasteiger partial charge in [-0.3, -0.25) is 9.59 Å². The predicted molar refractivity (Wildman–Crippen MR) is 56.9 cm³/mol. The van der Waals surface area contributed by atoms with Gasteiger partial charge in [0.2, 0.25) is 0 Å². The first-order valence-corrected chi connectivity index (χ1v) is 4.81. The van der Waals surface area contributed by atoms with Crippen molar-refractivity contribution < 1.29 is 19.8 Å². The van der Waals surface area contributed by atoms with Gasteiger partial charge in [0.05, 0.1) is 0 Å². The third-order valence-electron chi connectivity index (χ3n) is 2.81. The molecule has 0 saturated heterocycles. The summed E-state index contributed by atoms with van der Waals surface area (Å²) in [6, 6.07) is 7.13. The molecule has 0 heterocycles. The molecule has 1 aliphatic rings. The van der Waals surface area contributed by atoms with Gasteiger partial charge in [-0.15, -0.1) is 0 Å². The van der Waals surface area contributed by atoms with Gasteiger partial charge < -0.3 is 10.2 Å². The van der Waals surface area contributed by atoms with E-state index in [1.165, 1.54) is 6.08 Å². The minimum absolute atomic E-state index is 0.0192. The van der Waals surface area contributed by atoms with E-state index >= 15 is 0 Å². The Balaban J connectivity index is 2.70. The van der Waals surface area contributed by atoms with Gasteiger partial charge in [0.1, 0.15) is 0 Å². The fourth-order valence-corrected chi connectivity index (χ4v) is 1.81. The summed E-state index contributed by atoms with van der Waals surface area (Å²) >= 11 is 0. The number of fused-ring (bicyclic) bond motifs is 1. The molecule has 0 radical (unpaired) electrons. The summed E-state index contributed by atoms with van der Waals surface area (Å²) in [6.07, 6.45) is 2.94. The van der Waals surface area contributed by atoms with Gasteiger partial charge in [-0.1, -0.05) is 30.3 Å². The van der Waals surface area contributed by atoms with Crippen LogP contribution in [0.1, 0.15) is 6.42 Å². The minimum Gasteiger partial charge on any atom is -0.480 e. The Labute approximate surface area is 91.1 Å². The lowest BCUT2D eigenvalue weighted by molar-refractivity contribution is -0.159. The van der Waals surface area contributed by atoms with E-state index in [0.717, 1.165) is 5.22 Å². The van der Waals surface area contributed by atoms with Crippen molar-refractivity contribution in [2.75, 3.05) is 0 Å². The highest BCUT2D eigenvalue weighted by Gasteiger charge is 2.44. The largest absolute Gasteiger partial charge is 0.480 e. The molecular formula is C12H10O4. The maximum Gasteiger partial charge on any atom is 0.325 e. The van der Waals surface area contributed by atoms with Crippen LogP contribution in [-0.4, -0.2) is 22.2 Å². The van der Waals surface area contributed by atoms with Crippen LogP contribution in [0.2, 0.25) is 0 Å². The summed E-state index contributed by atoms with van der Waals surface area (Å²) in [4.78, 5) is 22.2. The fourth-order valence-electron chi connectivity index (χ4n) is 1.81. The summed E-state index contributed by atoms with van der Waals surface area (Å²) in [7, 11) is 0. The average Bonchev–Trinajstić information content (AvgIpc) is 2.27. The van der Waals surface area contributed by atoms with Crippen molar-refractivity contribution in [3.8, 4) is 0 Å². The summed E-state index contributed by atoms with van der Waals surface area (Å²) in [6.45, 7) is 0. The highest BCUT2D eigenvalue weighted by Crippen LogP contribution is 2.27. The molecule has 1 aromatic rings. The van der Waals surface area contributed by atoms with E-state index in [9.17, 15) is 9.59 Å². The van der Waals surface area contributed by atoms with Crippen LogP contribution < -0.4 is 10.4 Å². The van der Waals surface area contributed by atoms with E-state index in [-0.39, 0.29) is 6.42 Å². The van der Waals surface area contributed by atoms with Crippen molar-refractivity contribution in [1.82, 2.24) is 0 Å². The number of carbonyl (C=O) groups is 2. The molecule has 0 unspecified atom stereocenters. The van der Waals surface area contributed by atoms with Crippen molar-refractivity contribution >= 4 is 24.1 Å². The van der Waals surface area contributed by atoms with Crippen molar-refractivity contribution in [3.05, 3.63) is 34.7 Å². The Morgan fingerprint density at radius 1 is 1.06 bits per heavy atom. The molecule has 0 aliphatic heterocycles. The number of rotatable bonds is 2. The Hall–Kier alpha value is -2.10. The lowest BCUT2D eigenvalue weighted by Gasteiger charge is -2.21. The molecule has 0 spiro atoms. The second-order valence-corrected chi connectivity index (χ2v) is 3.76. The smallest absolute Gasteiger partial charge is 0.325 e. The molecule has 1 aromatic carbocycles. The second kappa shape index (κ2) is 3.48. The molecule has 0 saturated carbocycles. The Kier molecular flexibility index (Phi) is 2.27. The molecule has 4 nitrogen and oxygen atoms in total. The number of hydrogen-bond donors (Lipinski definition) is 2. The van der Waals surface area contributed by atoms with Crippen LogP contribution in [0.5, 0.6) is 0 Å². The number of carboxylic acids is 2. The van der Waals surface area contributed by atoms with Gasteiger partial charge in [0, 0.05) is 0 Å². The number of carboxylic acid groups (broad SMARTS) is 2. The normalized spacial score (nSPS) is 16.5. The van der Waals surface area contributed by atoms with E-state index in [1.54, 1.807) is 18.2 Å². The van der Waals surface area contributed by atoms with Crippen LogP contribution in [0.3, 0.4) is 0 Å². The third kappa shape index (κ3) is 1.39. The molecule has 0 aromatic heterocycles. The highest BCUT2D eigenvalue weighted by atomic mass is 16.4. The van der Waals surface area contributed by atoms with Gasteiger partial charge >= 0.3 is 11.9 Å². The van der Waals surface area contributed by atoms with Crippen molar-refractivity contribution in [1.29, 1.82) is 0 Å². The first-order chi connectivity index (χ1) is 7.56. The molecule has 0 bridgehead atoms. The van der Waals surface area contributed by atoms with Crippen LogP contribution in [0.25, 0.3) is 12.2 Å². The summed E-state index contributed by atoms with van der Waals surface area (Å²) in [5, 5.41) is 19.6. The monoisotopic (exact) mass is 218 g/mol. The molecule has 0 fully saturated rings. The third-order valence-corrected chi connectivity index (χ3v) is 2.81. The molecule has 1 aliphatic carbocycles. The van der Waals surface area contributed by atoms with Gasteiger partial charge in [0.15, 0.2) is 5.41 Å². The highest BCUT2D eigenvalue weighted by molar-refractivity contribution is 6.05. The first-order valence-electron chi connectivity index (χ1n) is 4.81. The van der Waals surface area contributed by atoms with E-state index < -0.39 is 17.4 Å². The van der Waals surface area contributed by atoms with E-state index in [2.05, 4.69) is 0 Å². The summed E-state index contributed by atoms with van der Waals surface area (Å²) in [5.74, 6) is -2.66. The summed E-state index contributed by atoms with van der Waals surface area (Å²) in [5.41, 5.74) is -1.83. The Morgan fingerprint density at radius 2 is 1.62 bits per heavy atom. The standard InChI is InChI=1S/C12H10O4/c13-10(14)12(11(15)16)6-5-8-3-1-2-4-9(8)7-12/h1-5,7H,6H2,(H,13,14)(H,15,16). The number of aliphatic carboxylic acids is 2. The number of benzene rings is 1. The lowest BCUT2D eigenvalue weighted by atomic mass is 9.80. The lowest BCUT2D eigenvalue weighted by Crippen LogP contribution is -2.43. The van der Waals surface area contributed by atoms with Crippen molar-refractivity contribution in [2.45, 2.75) is 6.42 Å². The number of hydrogen-bond acceptors (Lipinski definition) is 2. The Morgan fingerprint density at radius 3 is 2.19 bits per heavy atom. The fraction of sp³-hybridized carbons (Fsp3) is 0.167. The summed E-state index contributed by atoms with van der Waals surface area (Å²) < 4.78 is 0. The molecule has 2 rings (SSSR count). The van der Waals surface area contributed by atoms with E-state index in [4.69, 9.17) is 10.2 Å². The molecule has 16 heavy (non-hydrogen) atoms. The maximum atomic E-state index is 11.1. The predicted octanol–water partition coefficient (Wildman–Crippen LogP) is -0.193. The minimum atomic E-state index is -1.83. The zero-order valence-electron chi connectivity index (χ0n) is 8.38. The van der Waals surface area contributed by atoms with Crippen molar-refractivity contribution in [2.24, 2.45) is 5.41 Å². The van der Waals surface area contributed by atoms with E-state index in [0.29, 0.717) is 5.22 Å². The first kappa shape index (κ1) is 10.4. The maximum absolute atomic E-state index is 11.1. The molecule has 0 amide bonds. The molecule has 4 heteroatoms. The van der Waals surface area contributed by atoms with Gasteiger partial charge in [-0.25, -0.2) is 0 Å². The van der Waals surface area contributed by atoms with Gasteiger partial charge in [-0.05, 0) is 22.9 Å². The van der Waals surface area contributed by atoms with Crippen molar-refractivity contribution in [3.63, 3.8) is 0 Å². The zero-order valence-corrected chi connectivity index (χ0v) is 8.38. The topological polar surface area (TPSA) is 74.6 Å². The van der Waals surface area contributed by atoms with Crippen LogP contribution in [0, 0.1) is 5.41 Å². The van der Waals surface area contributed by atoms with Crippen LogP contribution in [0.15, 0.2) is 24.3 Å². The van der Waals surface area contributed by atoms with Crippen LogP contribution in [0.4, 0.5) is 0 Å². The van der Waals surface area contributed by atoms with Gasteiger partial charge in [0.25, 0.3) is 0 Å². The molecular weight excluding hydrogens is 208 g/mol. The molecule has 0 atom stereocenters. The van der Waals surface area contributed by atoms with Crippen LogP contribution in [-0.2, 0) is 9.59 Å². The van der Waals surface area contributed by atoms with Crippen LogP contribution >= 0.6 is 0 Å². The molecule has 82 valence electrons. The second-order valence-electron chi connectivity index (χ2n) is 3.76. The zero-order chi connectivity index (χ0) is 11.8. The van der Waals surface area contributed by atoms with E-state index in [1.807, 2.05) is 12.1 Å². The average molecular weight is 218 g/mol. The van der Waals surface area contributed by atoms with Gasteiger partial charge in [-0.2, -0.15) is 0 Å². The molecule has 2 N–H and O–H groups in total. The quantitative estimate of drug-likeness (QED) is 0.674.